The Morgan fingerprint density at radius 3 is 2.63 bits per heavy atom. The molecule has 0 atom stereocenters. The first-order valence-electron chi connectivity index (χ1n) is 5.22. The fourth-order valence-electron chi connectivity index (χ4n) is 1.27. The topological polar surface area (TPSA) is 95.5 Å². The monoisotopic (exact) mass is 326 g/mol. The first kappa shape index (κ1) is 16.2. The molecule has 0 aliphatic carbocycles. The minimum Gasteiger partial charge on any atom is -0.352 e. The van der Waals surface area contributed by atoms with E-state index in [0.717, 1.165) is 11.0 Å². The lowest BCUT2D eigenvalue weighted by Gasteiger charge is -2.08. The lowest BCUT2D eigenvalue weighted by atomic mass is 10.2. The third-order valence-electron chi connectivity index (χ3n) is 2.20. The van der Waals surface area contributed by atoms with Crippen LogP contribution in [-0.2, 0) is 10.0 Å². The van der Waals surface area contributed by atoms with Gasteiger partial charge in [-0.3, -0.25) is 4.79 Å². The molecule has 0 spiro atoms. The third kappa shape index (κ3) is 4.32. The maximum atomic E-state index is 11.7. The Bertz CT molecular complexity index is 563. The quantitative estimate of drug-likeness (QED) is 0.418. The number of sulfonamides is 1. The number of hydrogen-bond acceptors (Lipinski definition) is 4. The maximum absolute atomic E-state index is 11.7. The Balaban J connectivity index is 3.00. The van der Waals surface area contributed by atoms with E-state index in [-0.39, 0.29) is 15.5 Å². The van der Waals surface area contributed by atoms with Gasteiger partial charge in [-0.15, -0.1) is 11.6 Å². The zero-order valence-corrected chi connectivity index (χ0v) is 12.0. The van der Waals surface area contributed by atoms with Crippen molar-refractivity contribution in [1.82, 2.24) is 10.2 Å². The zero-order chi connectivity index (χ0) is 14.5. The van der Waals surface area contributed by atoms with Crippen LogP contribution in [0, 0.1) is 0 Å². The van der Waals surface area contributed by atoms with Gasteiger partial charge >= 0.3 is 0 Å². The molecule has 0 aromatic heterocycles. The van der Waals surface area contributed by atoms with Gasteiger partial charge in [0.25, 0.3) is 15.9 Å². The summed E-state index contributed by atoms with van der Waals surface area (Å²) < 4.78 is 22.9. The summed E-state index contributed by atoms with van der Waals surface area (Å²) in [5.41, 5.74) is 0.118. The van der Waals surface area contributed by atoms with Crippen molar-refractivity contribution in [2.45, 2.75) is 11.3 Å². The normalized spacial score (nSPS) is 11.3. The smallest absolute Gasteiger partial charge is 0.263 e. The van der Waals surface area contributed by atoms with Crippen LogP contribution in [-0.4, -0.2) is 32.0 Å². The number of benzene rings is 1. The minimum atomic E-state index is -4.14. The number of rotatable bonds is 6. The summed E-state index contributed by atoms with van der Waals surface area (Å²) in [6.45, 7) is 0.380. The van der Waals surface area contributed by atoms with Gasteiger partial charge in [0.1, 0.15) is 4.90 Å². The highest BCUT2D eigenvalue weighted by molar-refractivity contribution is 7.89. The molecule has 0 saturated heterocycles. The van der Waals surface area contributed by atoms with Crippen molar-refractivity contribution >= 4 is 39.1 Å². The van der Waals surface area contributed by atoms with Gasteiger partial charge in [-0.1, -0.05) is 16.5 Å². The number of halogens is 2. The molecule has 1 aromatic carbocycles. The molecule has 0 radical (unpaired) electrons. The van der Waals surface area contributed by atoms with Crippen molar-refractivity contribution in [3.8, 4) is 0 Å². The number of hydrogen-bond donors (Lipinski definition) is 3. The first-order valence-corrected chi connectivity index (χ1v) is 7.61. The summed E-state index contributed by atoms with van der Waals surface area (Å²) in [7, 11) is -4.14. The number of amides is 1. The van der Waals surface area contributed by atoms with Gasteiger partial charge in [-0.2, -0.15) is 0 Å². The fraction of sp³-hybridized carbons (Fsp3) is 0.300. The van der Waals surface area contributed by atoms with Crippen molar-refractivity contribution in [3.63, 3.8) is 0 Å². The van der Waals surface area contributed by atoms with Crippen molar-refractivity contribution in [3.05, 3.63) is 28.8 Å². The van der Waals surface area contributed by atoms with Crippen LogP contribution in [0.1, 0.15) is 16.8 Å². The fourth-order valence-corrected chi connectivity index (χ4v) is 2.53. The summed E-state index contributed by atoms with van der Waals surface area (Å²) in [5, 5.41) is 11.0. The predicted molar refractivity (Wildman–Crippen MR) is 71.2 cm³/mol. The van der Waals surface area contributed by atoms with E-state index in [9.17, 15) is 13.2 Å². The SMILES string of the molecule is O=C(NCCCCl)c1ccc(Cl)c(S(=O)(=O)NO)c1. The third-order valence-corrected chi connectivity index (χ3v) is 4.07. The number of nitrogens with one attached hydrogen (secondary N) is 2. The van der Waals surface area contributed by atoms with E-state index in [4.69, 9.17) is 28.4 Å². The molecule has 0 heterocycles. The van der Waals surface area contributed by atoms with E-state index >= 15 is 0 Å². The van der Waals surface area contributed by atoms with Crippen LogP contribution in [0.15, 0.2) is 23.1 Å². The Hall–Kier alpha value is -0.860. The van der Waals surface area contributed by atoms with E-state index in [1.165, 1.54) is 12.1 Å². The average molecular weight is 327 g/mol. The van der Waals surface area contributed by atoms with E-state index in [0.29, 0.717) is 18.8 Å². The highest BCUT2D eigenvalue weighted by Gasteiger charge is 2.19. The molecule has 3 N–H and O–H groups in total. The largest absolute Gasteiger partial charge is 0.352 e. The van der Waals surface area contributed by atoms with Crippen LogP contribution in [0.5, 0.6) is 0 Å². The van der Waals surface area contributed by atoms with Gasteiger partial charge in [0.05, 0.1) is 5.02 Å². The summed E-state index contributed by atoms with van der Waals surface area (Å²) in [4.78, 5) is 12.5. The van der Waals surface area contributed by atoms with Crippen molar-refractivity contribution in [2.75, 3.05) is 12.4 Å². The molecule has 0 aliphatic heterocycles. The number of carbonyl (C=O) groups is 1. The maximum Gasteiger partial charge on any atom is 0.263 e. The molecule has 19 heavy (non-hydrogen) atoms. The van der Waals surface area contributed by atoms with Crippen molar-refractivity contribution in [2.24, 2.45) is 0 Å². The lowest BCUT2D eigenvalue weighted by Crippen LogP contribution is -2.25. The Morgan fingerprint density at radius 1 is 1.37 bits per heavy atom. The van der Waals surface area contributed by atoms with Crippen molar-refractivity contribution in [1.29, 1.82) is 0 Å². The van der Waals surface area contributed by atoms with Crippen LogP contribution < -0.4 is 10.2 Å². The molecule has 1 rings (SSSR count). The summed E-state index contributed by atoms with van der Waals surface area (Å²) in [6, 6.07) is 3.73. The molecule has 6 nitrogen and oxygen atoms in total. The summed E-state index contributed by atoms with van der Waals surface area (Å²) >= 11 is 11.2. The molecular formula is C10H12Cl2N2O4S. The van der Waals surface area contributed by atoms with Crippen LogP contribution in [0.4, 0.5) is 0 Å². The van der Waals surface area contributed by atoms with Crippen LogP contribution in [0.2, 0.25) is 5.02 Å². The van der Waals surface area contributed by atoms with E-state index in [1.807, 2.05) is 0 Å². The molecule has 0 unspecified atom stereocenters. The molecule has 0 aliphatic rings. The average Bonchev–Trinajstić information content (AvgIpc) is 2.39. The molecule has 106 valence electrons. The van der Waals surface area contributed by atoms with Gasteiger partial charge in [-0.05, 0) is 24.6 Å². The lowest BCUT2D eigenvalue weighted by molar-refractivity contribution is 0.0953. The van der Waals surface area contributed by atoms with Gasteiger partial charge < -0.3 is 10.5 Å². The van der Waals surface area contributed by atoms with Crippen LogP contribution in [0.25, 0.3) is 0 Å². The van der Waals surface area contributed by atoms with Gasteiger partial charge in [0, 0.05) is 18.0 Å². The zero-order valence-electron chi connectivity index (χ0n) is 9.69. The Labute approximate surface area is 120 Å². The second-order valence-corrected chi connectivity index (χ2v) is 5.95. The molecule has 9 heteroatoms. The predicted octanol–water partition coefficient (Wildman–Crippen LogP) is 1.37. The standard InChI is InChI=1S/C10H12Cl2N2O4S/c11-4-1-5-13-10(15)7-2-3-8(12)9(6-7)19(17,18)14-16/h2-3,6,14,16H,1,4-5H2,(H,13,15). The number of alkyl halides is 1. The van der Waals surface area contributed by atoms with Gasteiger partial charge in [0.15, 0.2) is 0 Å². The highest BCUT2D eigenvalue weighted by Crippen LogP contribution is 2.22. The second-order valence-electron chi connectivity index (χ2n) is 3.54. The molecule has 0 fully saturated rings. The molecule has 1 amide bonds. The van der Waals surface area contributed by atoms with E-state index < -0.39 is 15.9 Å². The molecule has 0 bridgehead atoms. The summed E-state index contributed by atoms with van der Waals surface area (Å²) in [6.07, 6.45) is 0.601. The molecular weight excluding hydrogens is 315 g/mol. The highest BCUT2D eigenvalue weighted by atomic mass is 35.5. The minimum absolute atomic E-state index is 0.0983. The molecule has 1 aromatic rings. The molecule has 0 saturated carbocycles. The Kier molecular flexibility index (Phi) is 6.02. The number of carbonyl (C=O) groups excluding carboxylic acids is 1. The van der Waals surface area contributed by atoms with E-state index in [2.05, 4.69) is 5.32 Å². The van der Waals surface area contributed by atoms with Crippen LogP contribution >= 0.6 is 23.2 Å². The van der Waals surface area contributed by atoms with Crippen LogP contribution in [0.3, 0.4) is 0 Å². The van der Waals surface area contributed by atoms with E-state index in [1.54, 1.807) is 0 Å². The Morgan fingerprint density at radius 2 is 2.05 bits per heavy atom. The van der Waals surface area contributed by atoms with Gasteiger partial charge in [-0.25, -0.2) is 8.42 Å². The first-order chi connectivity index (χ1) is 8.92. The summed E-state index contributed by atoms with van der Waals surface area (Å²) in [5.74, 6) is -0.0363. The van der Waals surface area contributed by atoms with Crippen molar-refractivity contribution < 1.29 is 18.4 Å². The second kappa shape index (κ2) is 7.06. The van der Waals surface area contributed by atoms with Gasteiger partial charge in [0.2, 0.25) is 0 Å².